The fourth-order valence-electron chi connectivity index (χ4n) is 4.02. The summed E-state index contributed by atoms with van der Waals surface area (Å²) in [5.74, 6) is 0.493. The van der Waals surface area contributed by atoms with E-state index < -0.39 is 0 Å². The number of piperazine rings is 1. The third kappa shape index (κ3) is 5.62. The fourth-order valence-corrected chi connectivity index (χ4v) is 4.78. The van der Waals surface area contributed by atoms with Crippen molar-refractivity contribution in [1.29, 1.82) is 0 Å². The minimum atomic E-state index is -0.284. The zero-order chi connectivity index (χ0) is 24.1. The third-order valence-electron chi connectivity index (χ3n) is 5.88. The van der Waals surface area contributed by atoms with Gasteiger partial charge in [-0.25, -0.2) is 4.39 Å². The number of carbonyl (C=O) groups excluding carboxylic acids is 2. The van der Waals surface area contributed by atoms with Crippen molar-refractivity contribution < 1.29 is 14.0 Å². The first kappa shape index (κ1) is 23.9. The summed E-state index contributed by atoms with van der Waals surface area (Å²) in [6.45, 7) is 5.51. The van der Waals surface area contributed by atoms with Crippen LogP contribution in [0.1, 0.15) is 36.2 Å². The molecule has 2 aromatic carbocycles. The average Bonchev–Trinajstić information content (AvgIpc) is 2.87. The lowest BCUT2D eigenvalue weighted by molar-refractivity contribution is -0.134. The molecule has 1 aliphatic heterocycles. The van der Waals surface area contributed by atoms with Crippen LogP contribution in [0, 0.1) is 5.82 Å². The van der Waals surface area contributed by atoms with Crippen molar-refractivity contribution in [3.05, 3.63) is 77.6 Å². The van der Waals surface area contributed by atoms with Gasteiger partial charge in [-0.2, -0.15) is 0 Å². The molecule has 1 atom stereocenters. The van der Waals surface area contributed by atoms with Crippen LogP contribution in [0.5, 0.6) is 0 Å². The Balaban J connectivity index is 1.36. The molecule has 1 aromatic heterocycles. The van der Waals surface area contributed by atoms with Crippen molar-refractivity contribution in [3.63, 3.8) is 0 Å². The van der Waals surface area contributed by atoms with E-state index in [-0.39, 0.29) is 23.7 Å². The Morgan fingerprint density at radius 3 is 2.53 bits per heavy atom. The minimum Gasteiger partial charge on any atom is -0.336 e. The van der Waals surface area contributed by atoms with Gasteiger partial charge < -0.3 is 9.80 Å². The van der Waals surface area contributed by atoms with Crippen LogP contribution in [0.25, 0.3) is 11.3 Å². The van der Waals surface area contributed by atoms with Crippen molar-refractivity contribution in [3.8, 4) is 11.3 Å². The number of benzene rings is 2. The SMILES string of the molecule is CCC(=O)N1CCN(C(=O)c2cccc(CSc3ccc(-c4ccc(F)cc4)nn3)c2)CC1C. The molecule has 4 rings (SSSR count). The lowest BCUT2D eigenvalue weighted by atomic mass is 10.1. The highest BCUT2D eigenvalue weighted by Crippen LogP contribution is 2.24. The number of hydrogen-bond acceptors (Lipinski definition) is 5. The second-order valence-corrected chi connectivity index (χ2v) is 9.29. The topological polar surface area (TPSA) is 66.4 Å². The van der Waals surface area contributed by atoms with Gasteiger partial charge in [0, 0.05) is 49.0 Å². The van der Waals surface area contributed by atoms with Crippen molar-refractivity contribution in [2.75, 3.05) is 19.6 Å². The van der Waals surface area contributed by atoms with Crippen molar-refractivity contribution in [2.24, 2.45) is 0 Å². The van der Waals surface area contributed by atoms with Gasteiger partial charge in [0.25, 0.3) is 5.91 Å². The monoisotopic (exact) mass is 478 g/mol. The van der Waals surface area contributed by atoms with Gasteiger partial charge in [-0.05, 0) is 61.0 Å². The van der Waals surface area contributed by atoms with E-state index in [1.807, 2.05) is 60.0 Å². The number of thioether (sulfide) groups is 1. The highest BCUT2D eigenvalue weighted by atomic mass is 32.2. The summed E-state index contributed by atoms with van der Waals surface area (Å²) >= 11 is 1.54. The summed E-state index contributed by atoms with van der Waals surface area (Å²) in [7, 11) is 0. The van der Waals surface area contributed by atoms with E-state index in [1.165, 1.54) is 23.9 Å². The smallest absolute Gasteiger partial charge is 0.253 e. The second kappa shape index (κ2) is 10.8. The lowest BCUT2D eigenvalue weighted by Gasteiger charge is -2.40. The molecule has 8 heteroatoms. The maximum Gasteiger partial charge on any atom is 0.253 e. The van der Waals surface area contributed by atoms with Crippen LogP contribution in [-0.2, 0) is 10.5 Å². The molecule has 0 bridgehead atoms. The predicted octanol–water partition coefficient (Wildman–Crippen LogP) is 4.66. The van der Waals surface area contributed by atoms with E-state index >= 15 is 0 Å². The molecule has 34 heavy (non-hydrogen) atoms. The molecular weight excluding hydrogens is 451 g/mol. The standard InChI is InChI=1S/C26H27FN4O2S/c1-3-25(32)31-14-13-30(16-18(31)2)26(33)21-6-4-5-19(15-21)17-34-24-12-11-23(28-29-24)20-7-9-22(27)10-8-20/h4-12,15,18H,3,13-14,16-17H2,1-2H3. The average molecular weight is 479 g/mol. The molecule has 0 aliphatic carbocycles. The molecule has 0 spiro atoms. The highest BCUT2D eigenvalue weighted by molar-refractivity contribution is 7.98. The molecule has 2 amide bonds. The second-order valence-electron chi connectivity index (χ2n) is 8.29. The van der Waals surface area contributed by atoms with E-state index in [0.717, 1.165) is 16.2 Å². The van der Waals surface area contributed by atoms with Gasteiger partial charge in [0.15, 0.2) is 0 Å². The molecule has 0 saturated carbocycles. The zero-order valence-corrected chi connectivity index (χ0v) is 20.1. The Labute approximate surface area is 203 Å². The fraction of sp³-hybridized carbons (Fsp3) is 0.308. The van der Waals surface area contributed by atoms with E-state index in [4.69, 9.17) is 0 Å². The van der Waals surface area contributed by atoms with Crippen LogP contribution in [0.2, 0.25) is 0 Å². The summed E-state index contributed by atoms with van der Waals surface area (Å²) in [6, 6.07) is 17.6. The van der Waals surface area contributed by atoms with Gasteiger partial charge in [0.05, 0.1) is 5.69 Å². The predicted molar refractivity (Wildman–Crippen MR) is 131 cm³/mol. The number of carbonyl (C=O) groups is 2. The van der Waals surface area contributed by atoms with Crippen LogP contribution in [0.15, 0.2) is 65.7 Å². The van der Waals surface area contributed by atoms with Crippen LogP contribution >= 0.6 is 11.8 Å². The first-order valence-corrected chi connectivity index (χ1v) is 12.3. The molecule has 1 fully saturated rings. The molecule has 1 aliphatic rings. The molecule has 176 valence electrons. The maximum absolute atomic E-state index is 13.1. The van der Waals surface area contributed by atoms with Gasteiger partial charge in [-0.15, -0.1) is 10.2 Å². The van der Waals surface area contributed by atoms with Gasteiger partial charge in [-0.3, -0.25) is 9.59 Å². The summed E-state index contributed by atoms with van der Waals surface area (Å²) in [5, 5.41) is 9.29. The number of aromatic nitrogens is 2. The Bertz CT molecular complexity index is 1150. The number of hydrogen-bond donors (Lipinski definition) is 0. The van der Waals surface area contributed by atoms with Gasteiger partial charge in [0.1, 0.15) is 10.8 Å². The normalized spacial score (nSPS) is 15.9. The molecule has 3 aromatic rings. The molecule has 6 nitrogen and oxygen atoms in total. The summed E-state index contributed by atoms with van der Waals surface area (Å²) in [4.78, 5) is 28.8. The molecule has 0 N–H and O–H groups in total. The molecule has 1 saturated heterocycles. The minimum absolute atomic E-state index is 0.00857. The molecule has 0 radical (unpaired) electrons. The molecule has 1 unspecified atom stereocenters. The van der Waals surface area contributed by atoms with E-state index in [9.17, 15) is 14.0 Å². The Kier molecular flexibility index (Phi) is 7.57. The van der Waals surface area contributed by atoms with Crippen LogP contribution in [-0.4, -0.2) is 57.5 Å². The zero-order valence-electron chi connectivity index (χ0n) is 19.3. The number of halogens is 1. The first-order chi connectivity index (χ1) is 16.4. The highest BCUT2D eigenvalue weighted by Gasteiger charge is 2.29. The largest absolute Gasteiger partial charge is 0.336 e. The number of rotatable bonds is 6. The number of nitrogens with zero attached hydrogens (tertiary/aromatic N) is 4. The Hall–Kier alpha value is -3.26. The third-order valence-corrected chi connectivity index (χ3v) is 6.87. The van der Waals surface area contributed by atoms with Crippen LogP contribution in [0.3, 0.4) is 0 Å². The quantitative estimate of drug-likeness (QED) is 0.482. The van der Waals surface area contributed by atoms with Crippen molar-refractivity contribution >= 4 is 23.6 Å². The van der Waals surface area contributed by atoms with E-state index in [1.54, 1.807) is 12.1 Å². The molecule has 2 heterocycles. The lowest BCUT2D eigenvalue weighted by Crippen LogP contribution is -2.55. The van der Waals surface area contributed by atoms with Crippen LogP contribution in [0.4, 0.5) is 4.39 Å². The molecular formula is C26H27FN4O2S. The van der Waals surface area contributed by atoms with Gasteiger partial charge in [-0.1, -0.05) is 30.8 Å². The summed E-state index contributed by atoms with van der Waals surface area (Å²) in [5.41, 5.74) is 3.17. The Morgan fingerprint density at radius 2 is 1.85 bits per heavy atom. The Morgan fingerprint density at radius 1 is 1.06 bits per heavy atom. The van der Waals surface area contributed by atoms with Crippen LogP contribution < -0.4 is 0 Å². The summed E-state index contributed by atoms with van der Waals surface area (Å²) in [6.07, 6.45) is 0.483. The van der Waals surface area contributed by atoms with Crippen molar-refractivity contribution in [1.82, 2.24) is 20.0 Å². The maximum atomic E-state index is 13.1. The van der Waals surface area contributed by atoms with Crippen molar-refractivity contribution in [2.45, 2.75) is 37.1 Å². The van der Waals surface area contributed by atoms with Gasteiger partial charge >= 0.3 is 0 Å². The van der Waals surface area contributed by atoms with E-state index in [0.29, 0.717) is 43.1 Å². The first-order valence-electron chi connectivity index (χ1n) is 11.3. The van der Waals surface area contributed by atoms with Gasteiger partial charge in [0.2, 0.25) is 5.91 Å². The number of amides is 2. The summed E-state index contributed by atoms with van der Waals surface area (Å²) < 4.78 is 13.1. The van der Waals surface area contributed by atoms with E-state index in [2.05, 4.69) is 10.2 Å².